The van der Waals surface area contributed by atoms with E-state index in [-0.39, 0.29) is 23.1 Å². The summed E-state index contributed by atoms with van der Waals surface area (Å²) in [4.78, 5) is 12.7. The van der Waals surface area contributed by atoms with Gasteiger partial charge in [-0.1, -0.05) is 0 Å². The lowest BCUT2D eigenvalue weighted by atomic mass is 10.2. The van der Waals surface area contributed by atoms with E-state index in [1.165, 1.54) is 0 Å². The van der Waals surface area contributed by atoms with Crippen LogP contribution in [-0.2, 0) is 13.8 Å². The average molecular weight is 375 g/mol. The van der Waals surface area contributed by atoms with E-state index < -0.39 is 31.8 Å². The lowest BCUT2D eigenvalue weighted by Crippen LogP contribution is -2.27. The second-order valence-electron chi connectivity index (χ2n) is 4.03. The number of halogens is 4. The van der Waals surface area contributed by atoms with Gasteiger partial charge in [-0.05, 0) is 22.0 Å². The number of carbonyl (C=O) groups is 1. The van der Waals surface area contributed by atoms with Crippen LogP contribution in [0.4, 0.5) is 14.5 Å². The van der Waals surface area contributed by atoms with Crippen molar-refractivity contribution in [2.24, 2.45) is 0 Å². The molecule has 1 aromatic rings. The molecule has 1 fully saturated rings. The van der Waals surface area contributed by atoms with Crippen molar-refractivity contribution in [2.75, 3.05) is 11.4 Å². The molecule has 0 aromatic heterocycles. The van der Waals surface area contributed by atoms with Crippen molar-refractivity contribution in [1.82, 2.24) is 0 Å². The fourth-order valence-corrected chi connectivity index (χ4v) is 3.30. The van der Waals surface area contributed by atoms with Gasteiger partial charge in [0, 0.05) is 29.7 Å². The third-order valence-corrected chi connectivity index (χ3v) is 5.41. The molecule has 1 aliphatic rings. The van der Waals surface area contributed by atoms with Crippen molar-refractivity contribution in [1.29, 1.82) is 0 Å². The second kappa shape index (κ2) is 4.99. The Morgan fingerprint density at radius 3 is 2.53 bits per heavy atom. The number of hydrogen-bond donors (Lipinski definition) is 0. The highest BCUT2D eigenvalue weighted by Crippen LogP contribution is 2.34. The zero-order valence-electron chi connectivity index (χ0n) is 9.24. The first kappa shape index (κ1) is 14.7. The quantitative estimate of drug-likeness (QED) is 0.590. The van der Waals surface area contributed by atoms with E-state index in [0.717, 1.165) is 11.0 Å². The zero-order valence-corrected chi connectivity index (χ0v) is 12.4. The maximum atomic E-state index is 13.4. The summed E-state index contributed by atoms with van der Waals surface area (Å²) in [6, 6.07) is 1.61. The molecule has 0 radical (unpaired) electrons. The van der Waals surface area contributed by atoms with Gasteiger partial charge in [-0.15, -0.1) is 0 Å². The van der Waals surface area contributed by atoms with Crippen molar-refractivity contribution in [3.05, 3.63) is 28.2 Å². The van der Waals surface area contributed by atoms with Crippen molar-refractivity contribution >= 4 is 47.3 Å². The zero-order chi connectivity index (χ0) is 14.4. The first-order valence-electron chi connectivity index (χ1n) is 5.08. The maximum Gasteiger partial charge on any atom is 0.237 e. The van der Waals surface area contributed by atoms with Crippen molar-refractivity contribution in [3.8, 4) is 0 Å². The third-order valence-electron chi connectivity index (χ3n) is 2.75. The fourth-order valence-electron chi connectivity index (χ4n) is 1.84. The van der Waals surface area contributed by atoms with Crippen LogP contribution in [0, 0.1) is 11.6 Å². The number of amides is 1. The molecule has 0 spiro atoms. The van der Waals surface area contributed by atoms with Gasteiger partial charge in [0.2, 0.25) is 15.0 Å². The monoisotopic (exact) mass is 373 g/mol. The van der Waals surface area contributed by atoms with Gasteiger partial charge in [-0.2, -0.15) is 0 Å². The largest absolute Gasteiger partial charge is 0.310 e. The summed E-state index contributed by atoms with van der Waals surface area (Å²) in [5.74, 6) is -2.29. The van der Waals surface area contributed by atoms with Crippen LogP contribution >= 0.6 is 26.6 Å². The van der Waals surface area contributed by atoms with Gasteiger partial charge < -0.3 is 4.90 Å². The molecule has 19 heavy (non-hydrogen) atoms. The summed E-state index contributed by atoms with van der Waals surface area (Å²) in [7, 11) is 1.29. The highest BCUT2D eigenvalue weighted by atomic mass is 79.9. The molecule has 0 N–H and O–H groups in total. The molecule has 4 nitrogen and oxygen atoms in total. The Kier molecular flexibility index (Phi) is 3.85. The van der Waals surface area contributed by atoms with Crippen LogP contribution < -0.4 is 4.90 Å². The minimum atomic E-state index is -3.90. The number of anilines is 1. The maximum absolute atomic E-state index is 13.4. The van der Waals surface area contributed by atoms with E-state index in [1.807, 2.05) is 0 Å². The summed E-state index contributed by atoms with van der Waals surface area (Å²) in [5.41, 5.74) is -0.0506. The lowest BCUT2D eigenvalue weighted by Gasteiger charge is -2.18. The predicted octanol–water partition coefficient (Wildman–Crippen LogP) is 2.40. The normalized spacial score (nSPS) is 20.1. The van der Waals surface area contributed by atoms with Crippen LogP contribution in [-0.4, -0.2) is 26.1 Å². The van der Waals surface area contributed by atoms with E-state index in [4.69, 9.17) is 10.7 Å². The Balaban J connectivity index is 2.41. The van der Waals surface area contributed by atoms with Gasteiger partial charge >= 0.3 is 0 Å². The SMILES string of the molecule is O=C1CC(S(=O)(=O)Cl)CN1c1cc(F)cc(F)c1Br. The topological polar surface area (TPSA) is 54.5 Å². The van der Waals surface area contributed by atoms with Gasteiger partial charge in [0.25, 0.3) is 0 Å². The van der Waals surface area contributed by atoms with E-state index in [0.29, 0.717) is 6.07 Å². The van der Waals surface area contributed by atoms with E-state index in [9.17, 15) is 22.0 Å². The second-order valence-corrected chi connectivity index (χ2v) is 7.73. The molecule has 1 unspecified atom stereocenters. The molecule has 1 atom stereocenters. The Bertz CT molecular complexity index is 652. The van der Waals surface area contributed by atoms with Crippen LogP contribution in [0.2, 0.25) is 0 Å². The average Bonchev–Trinajstić information content (AvgIpc) is 2.65. The number of nitrogens with zero attached hydrogens (tertiary/aromatic N) is 1. The minimum absolute atomic E-state index is 0.0506. The van der Waals surface area contributed by atoms with Crippen LogP contribution in [0.15, 0.2) is 16.6 Å². The smallest absolute Gasteiger partial charge is 0.237 e. The Labute approximate surface area is 120 Å². The molecule has 1 aromatic carbocycles. The number of benzene rings is 1. The summed E-state index contributed by atoms with van der Waals surface area (Å²) in [5, 5.41) is -1.08. The molecule has 1 aliphatic heterocycles. The standard InChI is InChI=1S/C10H7BrClF2NO3S/c11-10-7(14)1-5(13)2-8(10)15-4-6(3-9(15)16)19(12,17)18/h1-2,6H,3-4H2. The Morgan fingerprint density at radius 2 is 2.00 bits per heavy atom. The van der Waals surface area contributed by atoms with Gasteiger partial charge in [0.1, 0.15) is 16.9 Å². The lowest BCUT2D eigenvalue weighted by molar-refractivity contribution is -0.117. The van der Waals surface area contributed by atoms with Crippen LogP contribution in [0.1, 0.15) is 6.42 Å². The molecule has 1 heterocycles. The van der Waals surface area contributed by atoms with Gasteiger partial charge in [0.05, 0.1) is 10.2 Å². The molecule has 1 saturated heterocycles. The van der Waals surface area contributed by atoms with Crippen molar-refractivity contribution in [2.45, 2.75) is 11.7 Å². The molecule has 2 rings (SSSR count). The summed E-state index contributed by atoms with van der Waals surface area (Å²) in [6.07, 6.45) is -0.309. The number of carbonyl (C=O) groups excluding carboxylic acids is 1. The molecule has 9 heteroatoms. The first-order valence-corrected chi connectivity index (χ1v) is 8.25. The molecule has 1 amide bonds. The van der Waals surface area contributed by atoms with Crippen LogP contribution in [0.3, 0.4) is 0 Å². The molecule has 0 aliphatic carbocycles. The number of rotatable bonds is 2. The van der Waals surface area contributed by atoms with Gasteiger partial charge in [0.15, 0.2) is 0 Å². The van der Waals surface area contributed by atoms with Crippen molar-refractivity contribution < 1.29 is 22.0 Å². The predicted molar refractivity (Wildman–Crippen MR) is 69.6 cm³/mol. The van der Waals surface area contributed by atoms with E-state index in [1.54, 1.807) is 0 Å². The summed E-state index contributed by atoms with van der Waals surface area (Å²) < 4.78 is 48.9. The molecule has 104 valence electrons. The minimum Gasteiger partial charge on any atom is -0.310 e. The van der Waals surface area contributed by atoms with Crippen LogP contribution in [0.5, 0.6) is 0 Å². The fraction of sp³-hybridized carbons (Fsp3) is 0.300. The van der Waals surface area contributed by atoms with Gasteiger partial charge in [-0.3, -0.25) is 4.79 Å². The molecular formula is C10H7BrClF2NO3S. The molecular weight excluding hydrogens is 368 g/mol. The highest BCUT2D eigenvalue weighted by Gasteiger charge is 2.39. The van der Waals surface area contributed by atoms with Gasteiger partial charge in [-0.25, -0.2) is 17.2 Å². The highest BCUT2D eigenvalue weighted by molar-refractivity contribution is 9.10. The summed E-state index contributed by atoms with van der Waals surface area (Å²) >= 11 is 2.90. The van der Waals surface area contributed by atoms with Crippen molar-refractivity contribution in [3.63, 3.8) is 0 Å². The van der Waals surface area contributed by atoms with E-state index in [2.05, 4.69) is 15.9 Å². The van der Waals surface area contributed by atoms with E-state index >= 15 is 0 Å². The number of hydrogen-bond acceptors (Lipinski definition) is 3. The Hall–Kier alpha value is -0.730. The molecule has 0 bridgehead atoms. The molecule has 0 saturated carbocycles. The summed E-state index contributed by atoms with van der Waals surface area (Å²) in [6.45, 7) is -0.230. The third kappa shape index (κ3) is 2.90. The Morgan fingerprint density at radius 1 is 1.37 bits per heavy atom. The first-order chi connectivity index (χ1) is 8.70. The van der Waals surface area contributed by atoms with Crippen LogP contribution in [0.25, 0.3) is 0 Å².